The predicted molar refractivity (Wildman–Crippen MR) is 117 cm³/mol. The van der Waals surface area contributed by atoms with Crippen LogP contribution < -0.4 is 0 Å². The van der Waals surface area contributed by atoms with E-state index in [9.17, 15) is 0 Å². The standard InChI is InChI=1S/C23H28Br2/c1-4-7-10-17(24)14-16-9-8-11-20-19-13-12-18(25)15-21(19)23(5-2,6-3)22(16)20/h8-9,11-13,15,17H,4-7,10,14H2,1-3H3. The molecule has 0 nitrogen and oxygen atoms in total. The molecule has 1 unspecified atom stereocenters. The molecule has 3 rings (SSSR count). The Morgan fingerprint density at radius 3 is 2.44 bits per heavy atom. The summed E-state index contributed by atoms with van der Waals surface area (Å²) in [7, 11) is 0. The van der Waals surface area contributed by atoms with Crippen molar-refractivity contribution < 1.29 is 0 Å². The molecule has 0 amide bonds. The van der Waals surface area contributed by atoms with Gasteiger partial charge < -0.3 is 0 Å². The number of unbranched alkanes of at least 4 members (excludes halogenated alkanes) is 1. The lowest BCUT2D eigenvalue weighted by Crippen LogP contribution is -2.25. The fraction of sp³-hybridized carbons (Fsp3) is 0.478. The molecule has 0 heterocycles. The second kappa shape index (κ2) is 7.96. The summed E-state index contributed by atoms with van der Waals surface area (Å²) in [6, 6.07) is 13.8. The Hall–Kier alpha value is -0.600. The summed E-state index contributed by atoms with van der Waals surface area (Å²) < 4.78 is 1.19. The van der Waals surface area contributed by atoms with Crippen molar-refractivity contribution in [1.29, 1.82) is 0 Å². The molecule has 0 saturated heterocycles. The lowest BCUT2D eigenvalue weighted by atomic mass is 9.72. The Balaban J connectivity index is 2.11. The van der Waals surface area contributed by atoms with Crippen LogP contribution in [0.2, 0.25) is 0 Å². The van der Waals surface area contributed by atoms with Gasteiger partial charge in [0.25, 0.3) is 0 Å². The average molecular weight is 464 g/mol. The summed E-state index contributed by atoms with van der Waals surface area (Å²) in [5, 5.41) is 0. The van der Waals surface area contributed by atoms with Gasteiger partial charge in [0.05, 0.1) is 0 Å². The van der Waals surface area contributed by atoms with Crippen molar-refractivity contribution in [1.82, 2.24) is 0 Å². The minimum atomic E-state index is 0.155. The number of hydrogen-bond acceptors (Lipinski definition) is 0. The minimum Gasteiger partial charge on any atom is -0.0887 e. The van der Waals surface area contributed by atoms with E-state index in [0.717, 1.165) is 19.3 Å². The van der Waals surface area contributed by atoms with E-state index >= 15 is 0 Å². The zero-order chi connectivity index (χ0) is 18.0. The van der Waals surface area contributed by atoms with Crippen LogP contribution in [0.5, 0.6) is 0 Å². The van der Waals surface area contributed by atoms with Gasteiger partial charge in [0.15, 0.2) is 0 Å². The number of alkyl halides is 1. The van der Waals surface area contributed by atoms with Gasteiger partial charge in [-0.15, -0.1) is 0 Å². The Morgan fingerprint density at radius 2 is 1.76 bits per heavy atom. The molecule has 0 N–H and O–H groups in total. The van der Waals surface area contributed by atoms with E-state index in [1.807, 2.05) is 0 Å². The van der Waals surface area contributed by atoms with Crippen LogP contribution >= 0.6 is 31.9 Å². The molecule has 0 saturated carbocycles. The van der Waals surface area contributed by atoms with Crippen LogP contribution in [0.15, 0.2) is 40.9 Å². The van der Waals surface area contributed by atoms with Crippen molar-refractivity contribution in [2.24, 2.45) is 0 Å². The van der Waals surface area contributed by atoms with Gasteiger partial charge in [-0.25, -0.2) is 0 Å². The number of hydrogen-bond donors (Lipinski definition) is 0. The third-order valence-electron chi connectivity index (χ3n) is 5.94. The summed E-state index contributed by atoms with van der Waals surface area (Å²) in [5.41, 5.74) is 7.68. The van der Waals surface area contributed by atoms with Crippen LogP contribution in [0, 0.1) is 0 Å². The molecule has 1 aliphatic carbocycles. The quantitative estimate of drug-likeness (QED) is 0.364. The SMILES string of the molecule is CCCCC(Br)Cc1cccc2c1C(CC)(CC)c1cc(Br)ccc1-2. The van der Waals surface area contributed by atoms with Crippen LogP contribution in [0.25, 0.3) is 11.1 Å². The van der Waals surface area contributed by atoms with Crippen molar-refractivity contribution in [2.45, 2.75) is 69.5 Å². The van der Waals surface area contributed by atoms with E-state index in [-0.39, 0.29) is 5.41 Å². The zero-order valence-electron chi connectivity index (χ0n) is 15.5. The number of fused-ring (bicyclic) bond motifs is 3. The van der Waals surface area contributed by atoms with Crippen LogP contribution in [-0.2, 0) is 11.8 Å². The maximum Gasteiger partial charge on any atom is 0.0213 e. The Morgan fingerprint density at radius 1 is 1.00 bits per heavy atom. The molecule has 0 aromatic heterocycles. The fourth-order valence-corrected chi connectivity index (χ4v) is 5.63. The number of halogens is 2. The van der Waals surface area contributed by atoms with E-state index < -0.39 is 0 Å². The first-order valence-electron chi connectivity index (χ1n) is 9.64. The molecule has 1 aliphatic rings. The molecule has 0 fully saturated rings. The van der Waals surface area contributed by atoms with Crippen molar-refractivity contribution in [3.8, 4) is 11.1 Å². The van der Waals surface area contributed by atoms with Gasteiger partial charge in [0, 0.05) is 14.7 Å². The second-order valence-corrected chi connectivity index (χ2v) is 9.47. The Labute approximate surface area is 169 Å². The first-order valence-corrected chi connectivity index (χ1v) is 11.3. The van der Waals surface area contributed by atoms with Gasteiger partial charge in [-0.2, -0.15) is 0 Å². The highest BCUT2D eigenvalue weighted by Crippen LogP contribution is 2.54. The van der Waals surface area contributed by atoms with E-state index in [2.05, 4.69) is 89.0 Å². The second-order valence-electron chi connectivity index (χ2n) is 7.26. The molecule has 25 heavy (non-hydrogen) atoms. The summed E-state index contributed by atoms with van der Waals surface area (Å²) in [5.74, 6) is 0. The largest absolute Gasteiger partial charge is 0.0887 e. The maximum atomic E-state index is 3.94. The summed E-state index contributed by atoms with van der Waals surface area (Å²) in [6.07, 6.45) is 7.24. The fourth-order valence-electron chi connectivity index (χ4n) is 4.59. The summed E-state index contributed by atoms with van der Waals surface area (Å²) in [6.45, 7) is 6.97. The molecule has 2 heteroatoms. The van der Waals surface area contributed by atoms with Gasteiger partial charge in [0.1, 0.15) is 0 Å². The Kier molecular flexibility index (Phi) is 6.11. The van der Waals surface area contributed by atoms with Gasteiger partial charge in [-0.3, -0.25) is 0 Å². The van der Waals surface area contributed by atoms with Crippen molar-refractivity contribution in [3.05, 3.63) is 57.6 Å². The highest BCUT2D eigenvalue weighted by atomic mass is 79.9. The van der Waals surface area contributed by atoms with Crippen molar-refractivity contribution in [3.63, 3.8) is 0 Å². The predicted octanol–water partition coefficient (Wildman–Crippen LogP) is 8.03. The molecule has 1 atom stereocenters. The third-order valence-corrected chi connectivity index (χ3v) is 7.21. The van der Waals surface area contributed by atoms with E-state index in [1.54, 1.807) is 5.56 Å². The lowest BCUT2D eigenvalue weighted by molar-refractivity contribution is 0.485. The molecule has 134 valence electrons. The molecule has 2 aromatic carbocycles. The van der Waals surface area contributed by atoms with E-state index in [0.29, 0.717) is 4.83 Å². The smallest absolute Gasteiger partial charge is 0.0213 e. The first-order chi connectivity index (χ1) is 12.1. The highest BCUT2D eigenvalue weighted by Gasteiger charge is 2.42. The Bertz CT molecular complexity index is 744. The summed E-state index contributed by atoms with van der Waals surface area (Å²) >= 11 is 7.64. The molecule has 0 bridgehead atoms. The minimum absolute atomic E-state index is 0.155. The van der Waals surface area contributed by atoms with Crippen LogP contribution in [0.3, 0.4) is 0 Å². The molecule has 0 spiro atoms. The summed E-state index contributed by atoms with van der Waals surface area (Å²) in [4.78, 5) is 0.570. The topological polar surface area (TPSA) is 0 Å². The lowest BCUT2D eigenvalue weighted by Gasteiger charge is -2.32. The molecular formula is C23H28Br2. The van der Waals surface area contributed by atoms with E-state index in [4.69, 9.17) is 0 Å². The van der Waals surface area contributed by atoms with Crippen molar-refractivity contribution in [2.75, 3.05) is 0 Å². The monoisotopic (exact) mass is 462 g/mol. The van der Waals surface area contributed by atoms with E-state index in [1.165, 1.54) is 46.0 Å². The average Bonchev–Trinajstić information content (AvgIpc) is 2.90. The van der Waals surface area contributed by atoms with Crippen LogP contribution in [0.4, 0.5) is 0 Å². The van der Waals surface area contributed by atoms with Crippen LogP contribution in [0.1, 0.15) is 69.6 Å². The molecular weight excluding hydrogens is 436 g/mol. The van der Waals surface area contributed by atoms with Gasteiger partial charge >= 0.3 is 0 Å². The highest BCUT2D eigenvalue weighted by molar-refractivity contribution is 9.10. The normalized spacial score (nSPS) is 15.7. The zero-order valence-corrected chi connectivity index (χ0v) is 18.7. The van der Waals surface area contributed by atoms with Gasteiger partial charge in [0.2, 0.25) is 0 Å². The number of benzene rings is 2. The first kappa shape index (κ1) is 19.2. The maximum absolute atomic E-state index is 3.94. The number of rotatable bonds is 7. The third kappa shape index (κ3) is 3.37. The molecule has 0 aliphatic heterocycles. The van der Waals surface area contributed by atoms with Gasteiger partial charge in [-0.1, -0.05) is 89.7 Å². The van der Waals surface area contributed by atoms with Crippen LogP contribution in [-0.4, -0.2) is 4.83 Å². The van der Waals surface area contributed by atoms with Gasteiger partial charge in [-0.05, 0) is 65.6 Å². The molecule has 2 aromatic rings. The van der Waals surface area contributed by atoms with Crippen molar-refractivity contribution >= 4 is 31.9 Å². The molecule has 0 radical (unpaired) electrons.